The van der Waals surface area contributed by atoms with Crippen molar-refractivity contribution >= 4 is 40.8 Å². The molecule has 6 nitrogen and oxygen atoms in total. The second-order valence-electron chi connectivity index (χ2n) is 8.53. The van der Waals surface area contributed by atoms with E-state index in [9.17, 15) is 9.59 Å². The van der Waals surface area contributed by atoms with Gasteiger partial charge in [-0.05, 0) is 61.0 Å². The number of fused-ring (bicyclic) bond motifs is 1. The van der Waals surface area contributed by atoms with Gasteiger partial charge in [0.25, 0.3) is 5.56 Å². The lowest BCUT2D eigenvalue weighted by atomic mass is 10.1. The van der Waals surface area contributed by atoms with E-state index in [1.165, 1.54) is 17.0 Å². The molecule has 0 amide bonds. The maximum Gasteiger partial charge on any atom is 0.336 e. The van der Waals surface area contributed by atoms with Gasteiger partial charge in [-0.25, -0.2) is 9.78 Å². The van der Waals surface area contributed by atoms with Crippen molar-refractivity contribution in [3.05, 3.63) is 135 Å². The molecule has 0 fully saturated rings. The van der Waals surface area contributed by atoms with E-state index < -0.39 is 5.97 Å². The van der Waals surface area contributed by atoms with E-state index in [0.29, 0.717) is 33.1 Å². The molecule has 0 aliphatic heterocycles. The van der Waals surface area contributed by atoms with Crippen LogP contribution in [0.15, 0.2) is 113 Å². The molecular formula is C31H22ClN3O3. The molecule has 186 valence electrons. The number of carbonyl (C=O) groups excluding carboxylic acids is 1. The highest BCUT2D eigenvalue weighted by Gasteiger charge is 2.13. The van der Waals surface area contributed by atoms with E-state index in [0.717, 1.165) is 16.7 Å². The van der Waals surface area contributed by atoms with E-state index >= 15 is 0 Å². The average molecular weight is 520 g/mol. The fourth-order valence-corrected chi connectivity index (χ4v) is 4.01. The molecule has 0 saturated carbocycles. The van der Waals surface area contributed by atoms with E-state index in [4.69, 9.17) is 21.3 Å². The summed E-state index contributed by atoms with van der Waals surface area (Å²) in [6, 6.07) is 28.9. The summed E-state index contributed by atoms with van der Waals surface area (Å²) in [5, 5.41) is 5.56. The second-order valence-corrected chi connectivity index (χ2v) is 8.96. The normalized spacial score (nSPS) is 11.4. The van der Waals surface area contributed by atoms with E-state index in [2.05, 4.69) is 5.10 Å². The van der Waals surface area contributed by atoms with Crippen LogP contribution in [-0.2, 0) is 4.79 Å². The van der Waals surface area contributed by atoms with Crippen LogP contribution in [0.5, 0.6) is 5.75 Å². The first-order valence-corrected chi connectivity index (χ1v) is 12.2. The van der Waals surface area contributed by atoms with Crippen LogP contribution in [0, 0.1) is 6.92 Å². The van der Waals surface area contributed by atoms with E-state index in [1.54, 1.807) is 72.8 Å². The fourth-order valence-electron chi connectivity index (χ4n) is 3.88. The third-order valence-electron chi connectivity index (χ3n) is 5.75. The SMILES string of the molecule is Cc1cccc(-c2nc3ccccc3c(=O)n2N=Cc2ccccc2OC(=O)/C=C/c2ccc(Cl)cc2)c1. The van der Waals surface area contributed by atoms with E-state index in [-0.39, 0.29) is 5.56 Å². The molecule has 4 aromatic carbocycles. The van der Waals surface area contributed by atoms with Gasteiger partial charge >= 0.3 is 5.97 Å². The zero-order chi connectivity index (χ0) is 26.5. The number of rotatable bonds is 6. The largest absolute Gasteiger partial charge is 0.423 e. The van der Waals surface area contributed by atoms with Gasteiger partial charge in [-0.2, -0.15) is 9.78 Å². The third kappa shape index (κ3) is 5.61. The molecule has 0 aliphatic rings. The summed E-state index contributed by atoms with van der Waals surface area (Å²) < 4.78 is 6.84. The number of para-hydroxylation sites is 2. The smallest absolute Gasteiger partial charge is 0.336 e. The molecule has 0 atom stereocenters. The highest BCUT2D eigenvalue weighted by molar-refractivity contribution is 6.30. The van der Waals surface area contributed by atoms with Crippen molar-refractivity contribution in [2.75, 3.05) is 0 Å². The van der Waals surface area contributed by atoms with Crippen molar-refractivity contribution in [1.82, 2.24) is 9.66 Å². The van der Waals surface area contributed by atoms with Gasteiger partial charge in [0.05, 0.1) is 17.1 Å². The van der Waals surface area contributed by atoms with E-state index in [1.807, 2.05) is 37.3 Å². The molecule has 1 aromatic heterocycles. The van der Waals surface area contributed by atoms with Crippen LogP contribution >= 0.6 is 11.6 Å². The Morgan fingerprint density at radius 2 is 1.71 bits per heavy atom. The first-order chi connectivity index (χ1) is 18.5. The Morgan fingerprint density at radius 3 is 2.53 bits per heavy atom. The van der Waals surface area contributed by atoms with Crippen molar-refractivity contribution in [2.45, 2.75) is 6.92 Å². The molecule has 0 spiro atoms. The third-order valence-corrected chi connectivity index (χ3v) is 6.01. The van der Waals surface area contributed by atoms with Gasteiger partial charge in [0.1, 0.15) is 5.75 Å². The summed E-state index contributed by atoms with van der Waals surface area (Å²) in [5.74, 6) is 0.167. The zero-order valence-electron chi connectivity index (χ0n) is 20.4. The number of hydrogen-bond donors (Lipinski definition) is 0. The molecule has 0 radical (unpaired) electrons. The van der Waals surface area contributed by atoms with Crippen LogP contribution in [0.4, 0.5) is 0 Å². The first kappa shape index (κ1) is 24.9. The predicted molar refractivity (Wildman–Crippen MR) is 152 cm³/mol. The molecule has 1 heterocycles. The van der Waals surface area contributed by atoms with Gasteiger partial charge < -0.3 is 4.74 Å². The molecule has 0 aliphatic carbocycles. The Balaban J connectivity index is 1.49. The van der Waals surface area contributed by atoms with Crippen LogP contribution < -0.4 is 10.3 Å². The number of carbonyl (C=O) groups is 1. The Hall–Kier alpha value is -4.81. The van der Waals surface area contributed by atoms with Gasteiger partial charge in [-0.3, -0.25) is 4.79 Å². The number of aryl methyl sites for hydroxylation is 1. The maximum atomic E-state index is 13.4. The highest BCUT2D eigenvalue weighted by Crippen LogP contribution is 2.21. The number of ether oxygens (including phenoxy) is 1. The predicted octanol–water partition coefficient (Wildman–Crippen LogP) is 6.53. The van der Waals surface area contributed by atoms with Crippen LogP contribution in [0.25, 0.3) is 28.4 Å². The molecule has 0 unspecified atom stereocenters. The Morgan fingerprint density at radius 1 is 0.947 bits per heavy atom. The number of hydrogen-bond acceptors (Lipinski definition) is 5. The van der Waals surface area contributed by atoms with Gasteiger partial charge in [0, 0.05) is 22.2 Å². The molecule has 7 heteroatoms. The lowest BCUT2D eigenvalue weighted by Gasteiger charge is -2.10. The van der Waals surface area contributed by atoms with Gasteiger partial charge in [-0.15, -0.1) is 0 Å². The number of aromatic nitrogens is 2. The monoisotopic (exact) mass is 519 g/mol. The lowest BCUT2D eigenvalue weighted by Crippen LogP contribution is -2.20. The summed E-state index contributed by atoms with van der Waals surface area (Å²) in [6.45, 7) is 1.97. The van der Waals surface area contributed by atoms with Crippen molar-refractivity contribution in [3.8, 4) is 17.1 Å². The quantitative estimate of drug-likeness (QED) is 0.111. The summed E-state index contributed by atoms with van der Waals surface area (Å²) in [4.78, 5) is 30.7. The molecular weight excluding hydrogens is 498 g/mol. The minimum Gasteiger partial charge on any atom is -0.423 e. The summed E-state index contributed by atoms with van der Waals surface area (Å²) in [7, 11) is 0. The number of benzene rings is 4. The Labute approximate surface area is 224 Å². The fraction of sp³-hybridized carbons (Fsp3) is 0.0323. The average Bonchev–Trinajstić information content (AvgIpc) is 2.93. The van der Waals surface area contributed by atoms with Gasteiger partial charge in [-0.1, -0.05) is 71.8 Å². The maximum absolute atomic E-state index is 13.4. The number of halogens is 1. The topological polar surface area (TPSA) is 73.6 Å². The number of esters is 1. The minimum atomic E-state index is -0.550. The van der Waals surface area contributed by atoms with Crippen LogP contribution in [0.3, 0.4) is 0 Å². The van der Waals surface area contributed by atoms with Crippen molar-refractivity contribution in [3.63, 3.8) is 0 Å². The summed E-state index contributed by atoms with van der Waals surface area (Å²) in [5.41, 5.74) is 3.41. The molecule has 5 rings (SSSR count). The van der Waals surface area contributed by atoms with Crippen molar-refractivity contribution in [2.24, 2.45) is 5.10 Å². The lowest BCUT2D eigenvalue weighted by molar-refractivity contribution is -0.128. The van der Waals surface area contributed by atoms with Crippen LogP contribution in [0.2, 0.25) is 5.02 Å². The standard InChI is InChI=1S/C31H22ClN3O3/c1-21-7-6-9-23(19-21)30-34-27-11-4-3-10-26(27)31(37)35(30)33-20-24-8-2-5-12-28(24)38-29(36)18-15-22-13-16-25(32)17-14-22/h2-20H,1H3/b18-15+,33-20?. The molecule has 0 N–H and O–H groups in total. The molecule has 38 heavy (non-hydrogen) atoms. The molecule has 5 aromatic rings. The Bertz CT molecular complexity index is 1760. The minimum absolute atomic E-state index is 0.302. The van der Waals surface area contributed by atoms with Crippen molar-refractivity contribution < 1.29 is 9.53 Å². The molecule has 0 saturated heterocycles. The van der Waals surface area contributed by atoms with Gasteiger partial charge in [0.2, 0.25) is 0 Å². The highest BCUT2D eigenvalue weighted by atomic mass is 35.5. The van der Waals surface area contributed by atoms with Gasteiger partial charge in [0.15, 0.2) is 5.82 Å². The van der Waals surface area contributed by atoms with Crippen LogP contribution in [0.1, 0.15) is 16.7 Å². The van der Waals surface area contributed by atoms with Crippen LogP contribution in [-0.4, -0.2) is 21.8 Å². The molecule has 0 bridgehead atoms. The second kappa shape index (κ2) is 11.1. The van der Waals surface area contributed by atoms with Crippen molar-refractivity contribution in [1.29, 1.82) is 0 Å². The summed E-state index contributed by atoms with van der Waals surface area (Å²) in [6.07, 6.45) is 4.47. The zero-order valence-corrected chi connectivity index (χ0v) is 21.2. The first-order valence-electron chi connectivity index (χ1n) is 11.9. The number of nitrogens with zero attached hydrogens (tertiary/aromatic N) is 3. The summed E-state index contributed by atoms with van der Waals surface area (Å²) >= 11 is 5.91. The Kier molecular flexibility index (Phi) is 7.24.